The third-order valence-corrected chi connectivity index (χ3v) is 4.36. The molecule has 3 rings (SSSR count). The molecule has 7 heteroatoms. The zero-order valence-electron chi connectivity index (χ0n) is 13.8. The van der Waals surface area contributed by atoms with E-state index < -0.39 is 0 Å². The van der Waals surface area contributed by atoms with Crippen LogP contribution in [0.3, 0.4) is 0 Å². The largest absolute Gasteiger partial charge is 0.497 e. The summed E-state index contributed by atoms with van der Waals surface area (Å²) in [7, 11) is 1.60. The third kappa shape index (κ3) is 3.97. The number of nitrogens with zero attached hydrogens (tertiary/aromatic N) is 1. The number of amides is 3. The van der Waals surface area contributed by atoms with E-state index in [0.717, 1.165) is 30.9 Å². The van der Waals surface area contributed by atoms with Gasteiger partial charge in [0, 0.05) is 31.8 Å². The number of hydrogen-bond donors (Lipinski definition) is 2. The number of anilines is 1. The van der Waals surface area contributed by atoms with Crippen LogP contribution in [0.4, 0.5) is 10.5 Å². The van der Waals surface area contributed by atoms with Crippen molar-refractivity contribution in [1.29, 1.82) is 0 Å². The Morgan fingerprint density at radius 3 is 2.83 bits per heavy atom. The average molecular weight is 333 g/mol. The quantitative estimate of drug-likeness (QED) is 0.851. The maximum Gasteiger partial charge on any atom is 0.315 e. The molecule has 2 aliphatic rings. The molecule has 7 nitrogen and oxygen atoms in total. The Morgan fingerprint density at radius 1 is 1.38 bits per heavy atom. The molecular weight excluding hydrogens is 310 g/mol. The van der Waals surface area contributed by atoms with Gasteiger partial charge in [0.15, 0.2) is 0 Å². The van der Waals surface area contributed by atoms with Crippen LogP contribution in [0.5, 0.6) is 5.75 Å². The first kappa shape index (κ1) is 16.6. The molecule has 0 aromatic heterocycles. The summed E-state index contributed by atoms with van der Waals surface area (Å²) in [6.45, 7) is 1.75. The van der Waals surface area contributed by atoms with Crippen LogP contribution in [-0.2, 0) is 9.53 Å². The van der Waals surface area contributed by atoms with Gasteiger partial charge in [-0.3, -0.25) is 4.79 Å². The van der Waals surface area contributed by atoms with Crippen LogP contribution < -0.4 is 20.3 Å². The monoisotopic (exact) mass is 333 g/mol. The molecule has 0 aliphatic carbocycles. The first-order chi connectivity index (χ1) is 11.7. The number of benzene rings is 1. The number of nitrogens with one attached hydrogen (secondary N) is 2. The van der Waals surface area contributed by atoms with Crippen molar-refractivity contribution in [2.45, 2.75) is 31.4 Å². The molecule has 0 radical (unpaired) electrons. The molecule has 0 bridgehead atoms. The zero-order chi connectivity index (χ0) is 16.9. The normalized spacial score (nSPS) is 23.4. The Balaban J connectivity index is 1.49. The van der Waals surface area contributed by atoms with Crippen molar-refractivity contribution >= 4 is 17.6 Å². The zero-order valence-corrected chi connectivity index (χ0v) is 13.8. The summed E-state index contributed by atoms with van der Waals surface area (Å²) in [5, 5.41) is 5.68. The van der Waals surface area contributed by atoms with Crippen molar-refractivity contribution in [1.82, 2.24) is 10.6 Å². The second-order valence-corrected chi connectivity index (χ2v) is 6.09. The first-order valence-electron chi connectivity index (χ1n) is 8.26. The van der Waals surface area contributed by atoms with E-state index in [1.54, 1.807) is 12.0 Å². The van der Waals surface area contributed by atoms with E-state index >= 15 is 0 Å². The van der Waals surface area contributed by atoms with Gasteiger partial charge in [0.1, 0.15) is 5.75 Å². The van der Waals surface area contributed by atoms with E-state index in [1.165, 1.54) is 0 Å². The minimum Gasteiger partial charge on any atom is -0.497 e. The summed E-state index contributed by atoms with van der Waals surface area (Å²) >= 11 is 0. The van der Waals surface area contributed by atoms with E-state index in [-0.39, 0.29) is 24.1 Å². The van der Waals surface area contributed by atoms with Gasteiger partial charge < -0.3 is 25.0 Å². The van der Waals surface area contributed by atoms with Crippen molar-refractivity contribution in [2.24, 2.45) is 0 Å². The van der Waals surface area contributed by atoms with Crippen LogP contribution in [0.1, 0.15) is 19.3 Å². The molecule has 3 amide bonds. The fraction of sp³-hybridized carbons (Fsp3) is 0.529. The summed E-state index contributed by atoms with van der Waals surface area (Å²) in [6, 6.07) is 6.88. The van der Waals surface area contributed by atoms with Crippen LogP contribution in [0.15, 0.2) is 24.3 Å². The van der Waals surface area contributed by atoms with Gasteiger partial charge in [-0.05, 0) is 37.1 Å². The fourth-order valence-corrected chi connectivity index (χ4v) is 3.06. The molecular formula is C17H23N3O4. The summed E-state index contributed by atoms with van der Waals surface area (Å²) in [4.78, 5) is 25.8. The summed E-state index contributed by atoms with van der Waals surface area (Å²) in [6.07, 6.45) is 2.44. The van der Waals surface area contributed by atoms with E-state index in [1.807, 2.05) is 24.3 Å². The third-order valence-electron chi connectivity index (χ3n) is 4.36. The Hall–Kier alpha value is -2.28. The smallest absolute Gasteiger partial charge is 0.315 e. The van der Waals surface area contributed by atoms with E-state index in [4.69, 9.17) is 9.47 Å². The second-order valence-electron chi connectivity index (χ2n) is 6.09. The molecule has 0 spiro atoms. The highest BCUT2D eigenvalue weighted by atomic mass is 16.5. The van der Waals surface area contributed by atoms with Gasteiger partial charge in [-0.2, -0.15) is 0 Å². The van der Waals surface area contributed by atoms with Crippen LogP contribution >= 0.6 is 0 Å². The van der Waals surface area contributed by atoms with Gasteiger partial charge in [-0.25, -0.2) is 4.79 Å². The fourth-order valence-electron chi connectivity index (χ4n) is 3.06. The van der Waals surface area contributed by atoms with Crippen molar-refractivity contribution in [3.63, 3.8) is 0 Å². The average Bonchev–Trinajstić information content (AvgIpc) is 3.23. The molecule has 0 unspecified atom stereocenters. The molecule has 2 fully saturated rings. The van der Waals surface area contributed by atoms with Crippen molar-refractivity contribution in [3.05, 3.63) is 24.3 Å². The lowest BCUT2D eigenvalue weighted by atomic mass is 10.2. The lowest BCUT2D eigenvalue weighted by Crippen LogP contribution is -2.45. The summed E-state index contributed by atoms with van der Waals surface area (Å²) in [5.41, 5.74) is 0.810. The molecule has 1 aromatic rings. The molecule has 1 aromatic carbocycles. The molecule has 2 heterocycles. The van der Waals surface area contributed by atoms with Crippen LogP contribution in [-0.4, -0.2) is 50.9 Å². The van der Waals surface area contributed by atoms with Gasteiger partial charge in [0.05, 0.1) is 19.3 Å². The standard InChI is InChI=1S/C17H23N3O4/c1-23-14-6-4-13(5-7-14)20-11-12(9-16(20)21)19-17(22)18-10-15-3-2-8-24-15/h4-7,12,15H,2-3,8-11H2,1H3,(H2,18,19,22)/t12-,15+/m1/s1. The number of urea groups is 1. The maximum absolute atomic E-state index is 12.2. The molecule has 2 atom stereocenters. The minimum absolute atomic E-state index is 0.00425. The van der Waals surface area contributed by atoms with E-state index in [9.17, 15) is 9.59 Å². The minimum atomic E-state index is -0.250. The number of carbonyl (C=O) groups excluding carboxylic acids is 2. The highest BCUT2D eigenvalue weighted by molar-refractivity contribution is 5.96. The van der Waals surface area contributed by atoms with Gasteiger partial charge in [-0.15, -0.1) is 0 Å². The predicted molar refractivity (Wildman–Crippen MR) is 89.3 cm³/mol. The lowest BCUT2D eigenvalue weighted by Gasteiger charge is -2.18. The maximum atomic E-state index is 12.2. The van der Waals surface area contributed by atoms with Crippen LogP contribution in [0, 0.1) is 0 Å². The number of carbonyl (C=O) groups is 2. The first-order valence-corrected chi connectivity index (χ1v) is 8.26. The topological polar surface area (TPSA) is 79.9 Å². The van der Waals surface area contributed by atoms with Gasteiger partial charge in [-0.1, -0.05) is 0 Å². The van der Waals surface area contributed by atoms with E-state index in [0.29, 0.717) is 19.5 Å². The summed E-state index contributed by atoms with van der Waals surface area (Å²) in [5.74, 6) is 0.748. The van der Waals surface area contributed by atoms with Gasteiger partial charge in [0.2, 0.25) is 5.91 Å². The van der Waals surface area contributed by atoms with Crippen molar-refractivity contribution < 1.29 is 19.1 Å². The van der Waals surface area contributed by atoms with Crippen LogP contribution in [0.2, 0.25) is 0 Å². The molecule has 0 saturated carbocycles. The van der Waals surface area contributed by atoms with Crippen molar-refractivity contribution in [2.75, 3.05) is 31.7 Å². The van der Waals surface area contributed by atoms with Gasteiger partial charge in [0.25, 0.3) is 0 Å². The Labute approximate surface area is 141 Å². The van der Waals surface area contributed by atoms with Gasteiger partial charge >= 0.3 is 6.03 Å². The number of hydrogen-bond acceptors (Lipinski definition) is 4. The Kier molecular flexibility index (Phi) is 5.20. The number of methoxy groups -OCH3 is 1. The molecule has 2 N–H and O–H groups in total. The Morgan fingerprint density at radius 2 is 2.17 bits per heavy atom. The van der Waals surface area contributed by atoms with E-state index in [2.05, 4.69) is 10.6 Å². The number of rotatable bonds is 5. The van der Waals surface area contributed by atoms with Crippen molar-refractivity contribution in [3.8, 4) is 5.75 Å². The number of ether oxygens (including phenoxy) is 2. The van der Waals surface area contributed by atoms with Crippen LogP contribution in [0.25, 0.3) is 0 Å². The Bertz CT molecular complexity index is 584. The lowest BCUT2D eigenvalue weighted by molar-refractivity contribution is -0.117. The SMILES string of the molecule is COc1ccc(N2C[C@H](NC(=O)NC[C@@H]3CCCO3)CC2=O)cc1. The predicted octanol–water partition coefficient (Wildman–Crippen LogP) is 1.28. The highest BCUT2D eigenvalue weighted by Gasteiger charge is 2.31. The highest BCUT2D eigenvalue weighted by Crippen LogP contribution is 2.24. The second kappa shape index (κ2) is 7.53. The molecule has 2 saturated heterocycles. The molecule has 2 aliphatic heterocycles. The summed E-state index contributed by atoms with van der Waals surface area (Å²) < 4.78 is 10.6. The molecule has 24 heavy (non-hydrogen) atoms. The molecule has 130 valence electrons.